The summed E-state index contributed by atoms with van der Waals surface area (Å²) in [5.74, 6) is 0.988. The maximum Gasteiger partial charge on any atom is 0.220 e. The highest BCUT2D eigenvalue weighted by Crippen LogP contribution is 2.45. The lowest BCUT2D eigenvalue weighted by molar-refractivity contribution is 0.475. The van der Waals surface area contributed by atoms with Gasteiger partial charge in [0.05, 0.1) is 23.8 Å². The Kier molecular flexibility index (Phi) is 3.72. The molecule has 4 rings (SSSR count). The first-order chi connectivity index (χ1) is 12.1. The first-order valence-corrected chi connectivity index (χ1v) is 8.17. The number of benzene rings is 1. The van der Waals surface area contributed by atoms with Gasteiger partial charge in [-0.25, -0.2) is 9.97 Å². The first-order valence-electron chi connectivity index (χ1n) is 8.17. The van der Waals surface area contributed by atoms with Crippen LogP contribution < -0.4 is 10.6 Å². The summed E-state index contributed by atoms with van der Waals surface area (Å²) in [5.41, 5.74) is 9.50. The minimum Gasteiger partial charge on any atom is -0.508 e. The van der Waals surface area contributed by atoms with Gasteiger partial charge in [-0.05, 0) is 30.2 Å². The number of anilines is 2. The zero-order chi connectivity index (χ0) is 17.4. The number of phenols is 1. The number of nitrogen functional groups attached to an aromatic ring is 1. The van der Waals surface area contributed by atoms with E-state index in [0.717, 1.165) is 23.4 Å². The molecule has 1 aromatic carbocycles. The maximum absolute atomic E-state index is 9.60. The molecule has 0 bridgehead atoms. The molecule has 6 nitrogen and oxygen atoms in total. The molecule has 0 amide bonds. The zero-order valence-electron chi connectivity index (χ0n) is 13.9. The fourth-order valence-electron chi connectivity index (χ4n) is 3.13. The number of nitrogens with zero attached hydrogens (tertiary/aromatic N) is 4. The van der Waals surface area contributed by atoms with Crippen LogP contribution in [0.15, 0.2) is 55.0 Å². The molecule has 6 heteroatoms. The molecule has 2 heterocycles. The van der Waals surface area contributed by atoms with E-state index in [-0.39, 0.29) is 11.7 Å². The predicted octanol–water partition coefficient (Wildman–Crippen LogP) is 2.82. The second-order valence-corrected chi connectivity index (χ2v) is 6.35. The summed E-state index contributed by atoms with van der Waals surface area (Å²) in [7, 11) is 2.05. The standard InChI is InChI=1S/C19H19N5O/c1-24(14-10-22-19(20)23-11-14)18-8-16(18)13-5-6-17(21-9-13)12-3-2-4-15(25)7-12/h2-7,9-11,16,18,25H,8H2,1H3,(H2,20,22,23). The molecule has 3 N–H and O–H groups in total. The van der Waals surface area contributed by atoms with Crippen LogP contribution in [0.1, 0.15) is 17.9 Å². The van der Waals surface area contributed by atoms with Crippen molar-refractivity contribution in [2.24, 2.45) is 0 Å². The molecule has 0 aliphatic heterocycles. The lowest BCUT2D eigenvalue weighted by Gasteiger charge is -2.18. The largest absolute Gasteiger partial charge is 0.508 e. The van der Waals surface area contributed by atoms with Crippen LogP contribution in [-0.4, -0.2) is 33.1 Å². The monoisotopic (exact) mass is 333 g/mol. The van der Waals surface area contributed by atoms with Crippen LogP contribution in [0.5, 0.6) is 5.75 Å². The molecule has 1 saturated carbocycles. The minimum atomic E-state index is 0.248. The van der Waals surface area contributed by atoms with Crippen molar-refractivity contribution in [1.82, 2.24) is 15.0 Å². The lowest BCUT2D eigenvalue weighted by atomic mass is 10.1. The second kappa shape index (κ2) is 6.05. The fraction of sp³-hybridized carbons (Fsp3) is 0.211. The van der Waals surface area contributed by atoms with Crippen LogP contribution in [-0.2, 0) is 0 Å². The van der Waals surface area contributed by atoms with Gasteiger partial charge in [0.2, 0.25) is 5.95 Å². The molecule has 25 heavy (non-hydrogen) atoms. The van der Waals surface area contributed by atoms with E-state index >= 15 is 0 Å². The van der Waals surface area contributed by atoms with Crippen LogP contribution >= 0.6 is 0 Å². The Balaban J connectivity index is 1.48. The van der Waals surface area contributed by atoms with E-state index in [1.165, 1.54) is 5.56 Å². The number of pyridine rings is 1. The number of rotatable bonds is 4. The van der Waals surface area contributed by atoms with E-state index in [2.05, 4.69) is 25.9 Å². The van der Waals surface area contributed by atoms with E-state index in [1.807, 2.05) is 31.4 Å². The average molecular weight is 333 g/mol. The van der Waals surface area contributed by atoms with E-state index in [4.69, 9.17) is 5.73 Å². The number of aromatic nitrogens is 3. The maximum atomic E-state index is 9.60. The van der Waals surface area contributed by atoms with Crippen molar-refractivity contribution in [3.05, 3.63) is 60.6 Å². The van der Waals surface area contributed by atoms with E-state index < -0.39 is 0 Å². The molecule has 2 unspecified atom stereocenters. The van der Waals surface area contributed by atoms with Crippen LogP contribution in [0.4, 0.5) is 11.6 Å². The molecule has 3 aromatic rings. The summed E-state index contributed by atoms with van der Waals surface area (Å²) in [6, 6.07) is 11.7. The fourth-order valence-corrected chi connectivity index (χ4v) is 3.13. The molecule has 0 spiro atoms. The Bertz CT molecular complexity index is 879. The van der Waals surface area contributed by atoms with Gasteiger partial charge in [-0.2, -0.15) is 0 Å². The second-order valence-electron chi connectivity index (χ2n) is 6.35. The predicted molar refractivity (Wildman–Crippen MR) is 97.3 cm³/mol. The van der Waals surface area contributed by atoms with Gasteiger partial charge in [0, 0.05) is 30.8 Å². The van der Waals surface area contributed by atoms with Gasteiger partial charge in [0.25, 0.3) is 0 Å². The molecular weight excluding hydrogens is 314 g/mol. The third-order valence-electron chi connectivity index (χ3n) is 4.68. The van der Waals surface area contributed by atoms with Crippen molar-refractivity contribution < 1.29 is 5.11 Å². The molecule has 1 aliphatic rings. The van der Waals surface area contributed by atoms with Crippen molar-refractivity contribution in [3.8, 4) is 17.0 Å². The van der Waals surface area contributed by atoms with E-state index in [9.17, 15) is 5.11 Å². The number of likely N-dealkylation sites (N-methyl/N-ethyl adjacent to an activating group) is 1. The third-order valence-corrected chi connectivity index (χ3v) is 4.68. The molecule has 2 atom stereocenters. The molecule has 1 aliphatic carbocycles. The summed E-state index contributed by atoms with van der Waals surface area (Å²) < 4.78 is 0. The SMILES string of the molecule is CN(c1cnc(N)nc1)C1CC1c1ccc(-c2cccc(O)c2)nc1. The van der Waals surface area contributed by atoms with Crippen LogP contribution in [0.2, 0.25) is 0 Å². The summed E-state index contributed by atoms with van der Waals surface area (Å²) in [5, 5.41) is 9.60. The van der Waals surface area contributed by atoms with Gasteiger partial charge < -0.3 is 15.7 Å². The number of aromatic hydroxyl groups is 1. The normalized spacial score (nSPS) is 18.8. The van der Waals surface area contributed by atoms with Gasteiger partial charge in [-0.1, -0.05) is 18.2 Å². The number of nitrogens with two attached hydrogens (primary N) is 1. The Morgan fingerprint density at radius 2 is 1.88 bits per heavy atom. The van der Waals surface area contributed by atoms with Gasteiger partial charge in [-0.15, -0.1) is 0 Å². The van der Waals surface area contributed by atoms with Crippen molar-refractivity contribution in [2.45, 2.75) is 18.4 Å². The highest BCUT2D eigenvalue weighted by molar-refractivity contribution is 5.61. The number of phenolic OH excluding ortho intramolecular Hbond substituents is 1. The molecular formula is C19H19N5O. The molecule has 126 valence electrons. The lowest BCUT2D eigenvalue weighted by Crippen LogP contribution is -2.21. The molecule has 0 saturated heterocycles. The molecule has 1 fully saturated rings. The van der Waals surface area contributed by atoms with Crippen molar-refractivity contribution in [1.29, 1.82) is 0 Å². The summed E-state index contributed by atoms with van der Waals surface area (Å²) in [6.45, 7) is 0. The Hall–Kier alpha value is -3.15. The van der Waals surface area contributed by atoms with Crippen LogP contribution in [0.3, 0.4) is 0 Å². The number of hydrogen-bond donors (Lipinski definition) is 2. The van der Waals surface area contributed by atoms with Crippen LogP contribution in [0.25, 0.3) is 11.3 Å². The Morgan fingerprint density at radius 3 is 2.56 bits per heavy atom. The van der Waals surface area contributed by atoms with Gasteiger partial charge >= 0.3 is 0 Å². The van der Waals surface area contributed by atoms with Gasteiger partial charge in [0.15, 0.2) is 0 Å². The third kappa shape index (κ3) is 3.10. The van der Waals surface area contributed by atoms with Crippen molar-refractivity contribution >= 4 is 11.6 Å². The highest BCUT2D eigenvalue weighted by Gasteiger charge is 2.42. The quantitative estimate of drug-likeness (QED) is 0.763. The van der Waals surface area contributed by atoms with E-state index in [1.54, 1.807) is 24.5 Å². The van der Waals surface area contributed by atoms with Crippen molar-refractivity contribution in [3.63, 3.8) is 0 Å². The van der Waals surface area contributed by atoms with Crippen molar-refractivity contribution in [2.75, 3.05) is 17.7 Å². The highest BCUT2D eigenvalue weighted by atomic mass is 16.3. The Labute approximate surface area is 146 Å². The molecule has 2 aromatic heterocycles. The first kappa shape index (κ1) is 15.4. The van der Waals surface area contributed by atoms with Gasteiger partial charge in [-0.3, -0.25) is 4.98 Å². The smallest absolute Gasteiger partial charge is 0.220 e. The summed E-state index contributed by atoms with van der Waals surface area (Å²) in [4.78, 5) is 14.9. The summed E-state index contributed by atoms with van der Waals surface area (Å²) >= 11 is 0. The minimum absolute atomic E-state index is 0.248. The zero-order valence-corrected chi connectivity index (χ0v) is 13.9. The van der Waals surface area contributed by atoms with E-state index in [0.29, 0.717) is 12.0 Å². The topological polar surface area (TPSA) is 88.2 Å². The van der Waals surface area contributed by atoms with Gasteiger partial charge in [0.1, 0.15) is 5.75 Å². The number of hydrogen-bond acceptors (Lipinski definition) is 6. The molecule has 0 radical (unpaired) electrons. The Morgan fingerprint density at radius 1 is 1.08 bits per heavy atom. The summed E-state index contributed by atoms with van der Waals surface area (Å²) in [6.07, 6.45) is 6.51. The van der Waals surface area contributed by atoms with Crippen LogP contribution in [0, 0.1) is 0 Å². The average Bonchev–Trinajstić information content (AvgIpc) is 3.43.